The zero-order chi connectivity index (χ0) is 10.3. The molecule has 0 bridgehead atoms. The molecule has 1 aromatic heterocycles. The fourth-order valence-electron chi connectivity index (χ4n) is 2.46. The number of halogens is 1. The van der Waals surface area contributed by atoms with Gasteiger partial charge in [-0.2, -0.15) is 0 Å². The summed E-state index contributed by atoms with van der Waals surface area (Å²) in [5.74, 6) is 0.403. The third kappa shape index (κ3) is 1.40. The first-order chi connectivity index (χ1) is 7.29. The Bertz CT molecular complexity index is 388. The van der Waals surface area contributed by atoms with Gasteiger partial charge in [-0.15, -0.1) is 0 Å². The van der Waals surface area contributed by atoms with Gasteiger partial charge in [0.05, 0.1) is 12.4 Å². The summed E-state index contributed by atoms with van der Waals surface area (Å²) in [5, 5.41) is 3.29. The maximum atomic E-state index is 13.5. The third-order valence-corrected chi connectivity index (χ3v) is 3.31. The van der Waals surface area contributed by atoms with Crippen LogP contribution in [0.2, 0.25) is 0 Å². The van der Waals surface area contributed by atoms with Crippen LogP contribution in [0.5, 0.6) is 5.75 Å². The van der Waals surface area contributed by atoms with E-state index >= 15 is 0 Å². The molecule has 1 fully saturated rings. The fraction of sp³-hybridized carbons (Fsp3) is 0.545. The summed E-state index contributed by atoms with van der Waals surface area (Å²) in [6.07, 6.45) is 5.47. The summed E-state index contributed by atoms with van der Waals surface area (Å²) in [6, 6.07) is 0. The van der Waals surface area contributed by atoms with Crippen LogP contribution in [-0.2, 0) is 6.42 Å². The van der Waals surface area contributed by atoms with E-state index in [1.54, 1.807) is 6.20 Å². The van der Waals surface area contributed by atoms with Gasteiger partial charge in [0.1, 0.15) is 17.2 Å². The van der Waals surface area contributed by atoms with E-state index in [9.17, 15) is 4.39 Å². The van der Waals surface area contributed by atoms with Gasteiger partial charge in [-0.25, -0.2) is 4.39 Å². The SMILES string of the molecule is Fc1cncc2c1CC1(CCNCC1)O2. The van der Waals surface area contributed by atoms with Crippen molar-refractivity contribution in [2.24, 2.45) is 0 Å². The van der Waals surface area contributed by atoms with E-state index in [2.05, 4.69) is 10.3 Å². The second-order valence-corrected chi connectivity index (χ2v) is 4.31. The molecule has 2 aliphatic heterocycles. The largest absolute Gasteiger partial charge is 0.485 e. The molecular formula is C11H13FN2O. The van der Waals surface area contributed by atoms with Crippen molar-refractivity contribution in [2.45, 2.75) is 24.9 Å². The van der Waals surface area contributed by atoms with Gasteiger partial charge >= 0.3 is 0 Å². The lowest BCUT2D eigenvalue weighted by molar-refractivity contribution is 0.0597. The molecule has 0 atom stereocenters. The fourth-order valence-corrected chi connectivity index (χ4v) is 2.46. The lowest BCUT2D eigenvalue weighted by Gasteiger charge is -2.32. The van der Waals surface area contributed by atoms with E-state index in [0.717, 1.165) is 25.9 Å². The second kappa shape index (κ2) is 3.17. The molecule has 0 aliphatic carbocycles. The van der Waals surface area contributed by atoms with Crippen LogP contribution in [-0.4, -0.2) is 23.7 Å². The predicted molar refractivity (Wildman–Crippen MR) is 53.4 cm³/mol. The number of hydrogen-bond acceptors (Lipinski definition) is 3. The maximum Gasteiger partial charge on any atom is 0.148 e. The standard InChI is InChI=1S/C11H13FN2O/c12-9-6-14-7-10-8(9)5-11(15-10)1-3-13-4-2-11/h6-7,13H,1-5H2. The number of pyridine rings is 1. The Balaban J connectivity index is 1.94. The molecule has 0 aromatic carbocycles. The zero-order valence-corrected chi connectivity index (χ0v) is 8.42. The third-order valence-electron chi connectivity index (χ3n) is 3.31. The van der Waals surface area contributed by atoms with Crippen LogP contribution in [0, 0.1) is 5.82 Å². The van der Waals surface area contributed by atoms with Crippen molar-refractivity contribution >= 4 is 0 Å². The highest BCUT2D eigenvalue weighted by atomic mass is 19.1. The first kappa shape index (κ1) is 9.09. The number of nitrogens with one attached hydrogen (secondary N) is 1. The van der Waals surface area contributed by atoms with Crippen LogP contribution >= 0.6 is 0 Å². The van der Waals surface area contributed by atoms with E-state index in [4.69, 9.17) is 4.74 Å². The normalized spacial score (nSPS) is 22.5. The minimum absolute atomic E-state index is 0.169. The molecule has 80 valence electrons. The first-order valence-electron chi connectivity index (χ1n) is 5.31. The van der Waals surface area contributed by atoms with Gasteiger partial charge in [0.15, 0.2) is 0 Å². The van der Waals surface area contributed by atoms with E-state index in [-0.39, 0.29) is 11.4 Å². The molecule has 3 heterocycles. The molecule has 2 aliphatic rings. The van der Waals surface area contributed by atoms with E-state index in [0.29, 0.717) is 17.7 Å². The Labute approximate surface area is 87.7 Å². The molecule has 0 radical (unpaired) electrons. The molecule has 0 unspecified atom stereocenters. The molecule has 1 spiro atoms. The summed E-state index contributed by atoms with van der Waals surface area (Å²) in [7, 11) is 0. The van der Waals surface area contributed by atoms with Crippen LogP contribution in [0.25, 0.3) is 0 Å². The van der Waals surface area contributed by atoms with Gasteiger partial charge in [0.25, 0.3) is 0 Å². The summed E-state index contributed by atoms with van der Waals surface area (Å²) in [4.78, 5) is 3.82. The van der Waals surface area contributed by atoms with Crippen molar-refractivity contribution in [1.29, 1.82) is 0 Å². The average Bonchev–Trinajstić information content (AvgIpc) is 2.59. The lowest BCUT2D eigenvalue weighted by Crippen LogP contribution is -2.45. The number of nitrogens with zero attached hydrogens (tertiary/aromatic N) is 1. The van der Waals surface area contributed by atoms with Gasteiger partial charge in [0, 0.05) is 12.0 Å². The number of ether oxygens (including phenoxy) is 1. The Morgan fingerprint density at radius 3 is 2.87 bits per heavy atom. The first-order valence-corrected chi connectivity index (χ1v) is 5.31. The van der Waals surface area contributed by atoms with Crippen molar-refractivity contribution in [3.63, 3.8) is 0 Å². The summed E-state index contributed by atoms with van der Waals surface area (Å²) in [6.45, 7) is 1.89. The summed E-state index contributed by atoms with van der Waals surface area (Å²) in [5.41, 5.74) is 0.532. The Morgan fingerprint density at radius 2 is 2.13 bits per heavy atom. The number of hydrogen-bond donors (Lipinski definition) is 1. The number of aromatic nitrogens is 1. The summed E-state index contributed by atoms with van der Waals surface area (Å²) < 4.78 is 19.3. The molecule has 4 heteroatoms. The van der Waals surface area contributed by atoms with Crippen molar-refractivity contribution in [3.05, 3.63) is 23.8 Å². The molecule has 1 saturated heterocycles. The van der Waals surface area contributed by atoms with Crippen molar-refractivity contribution in [3.8, 4) is 5.75 Å². The molecule has 1 aromatic rings. The minimum atomic E-state index is -0.233. The van der Waals surface area contributed by atoms with Crippen LogP contribution in [0.1, 0.15) is 18.4 Å². The van der Waals surface area contributed by atoms with Gasteiger partial charge in [0.2, 0.25) is 0 Å². The Hall–Kier alpha value is -1.16. The predicted octanol–water partition coefficient (Wildman–Crippen LogP) is 1.28. The van der Waals surface area contributed by atoms with Crippen molar-refractivity contribution < 1.29 is 9.13 Å². The lowest BCUT2D eigenvalue weighted by atomic mass is 9.88. The number of piperidine rings is 1. The highest BCUT2D eigenvalue weighted by Gasteiger charge is 2.41. The highest BCUT2D eigenvalue weighted by molar-refractivity contribution is 5.37. The number of fused-ring (bicyclic) bond motifs is 1. The Morgan fingerprint density at radius 1 is 1.33 bits per heavy atom. The smallest absolute Gasteiger partial charge is 0.148 e. The maximum absolute atomic E-state index is 13.5. The molecular weight excluding hydrogens is 195 g/mol. The minimum Gasteiger partial charge on any atom is -0.485 e. The monoisotopic (exact) mass is 208 g/mol. The molecule has 3 nitrogen and oxygen atoms in total. The molecule has 0 saturated carbocycles. The quantitative estimate of drug-likeness (QED) is 0.697. The number of rotatable bonds is 0. The summed E-state index contributed by atoms with van der Waals surface area (Å²) >= 11 is 0. The molecule has 0 amide bonds. The Kier molecular flexibility index (Phi) is 1.92. The van der Waals surface area contributed by atoms with Crippen molar-refractivity contribution in [1.82, 2.24) is 10.3 Å². The van der Waals surface area contributed by atoms with Crippen LogP contribution < -0.4 is 10.1 Å². The molecule has 3 rings (SSSR count). The molecule has 15 heavy (non-hydrogen) atoms. The van der Waals surface area contributed by atoms with Gasteiger partial charge < -0.3 is 10.1 Å². The van der Waals surface area contributed by atoms with Gasteiger partial charge in [-0.3, -0.25) is 4.98 Å². The van der Waals surface area contributed by atoms with Gasteiger partial charge in [-0.05, 0) is 25.9 Å². The van der Waals surface area contributed by atoms with E-state index in [1.807, 2.05) is 0 Å². The average molecular weight is 208 g/mol. The second-order valence-electron chi connectivity index (χ2n) is 4.31. The van der Waals surface area contributed by atoms with E-state index < -0.39 is 0 Å². The van der Waals surface area contributed by atoms with Crippen LogP contribution in [0.3, 0.4) is 0 Å². The van der Waals surface area contributed by atoms with Crippen LogP contribution in [0.15, 0.2) is 12.4 Å². The topological polar surface area (TPSA) is 34.2 Å². The van der Waals surface area contributed by atoms with E-state index in [1.165, 1.54) is 6.20 Å². The van der Waals surface area contributed by atoms with Gasteiger partial charge in [-0.1, -0.05) is 0 Å². The van der Waals surface area contributed by atoms with Crippen molar-refractivity contribution in [2.75, 3.05) is 13.1 Å². The van der Waals surface area contributed by atoms with Crippen LogP contribution in [0.4, 0.5) is 4.39 Å². The molecule has 1 N–H and O–H groups in total. The highest BCUT2D eigenvalue weighted by Crippen LogP contribution is 2.40. The zero-order valence-electron chi connectivity index (χ0n) is 8.42.